The van der Waals surface area contributed by atoms with E-state index in [0.29, 0.717) is 0 Å². The summed E-state index contributed by atoms with van der Waals surface area (Å²) in [6.07, 6.45) is 0. The van der Waals surface area contributed by atoms with Crippen LogP contribution in [0.15, 0.2) is 330 Å². The van der Waals surface area contributed by atoms with E-state index in [1.807, 2.05) is 47.0 Å². The summed E-state index contributed by atoms with van der Waals surface area (Å²) >= 11 is 7.40. The van der Waals surface area contributed by atoms with E-state index in [1.165, 1.54) is 106 Å². The first kappa shape index (κ1) is 50.8. The van der Waals surface area contributed by atoms with Crippen LogP contribution >= 0.6 is 62.9 Å². The SMILES string of the molecule is c1ccc2c(c1)Sc1ccccc1N2c1ccc(P(CP(c2ccc(N3c4ccccc4Sc4ccccc43)cc2)c2ccc(N3c4ccccc4Sc4ccccc43)cc2)c2ccc(N3c4ccccc4Sc4ccccc43)cc2)cc1. The third-order valence-corrected chi connectivity index (χ3v) is 26.2. The van der Waals surface area contributed by atoms with E-state index in [0.717, 1.165) is 28.7 Å². The van der Waals surface area contributed by atoms with Crippen LogP contribution in [0.2, 0.25) is 0 Å². The average molecular weight is 1170 g/mol. The lowest BCUT2D eigenvalue weighted by atomic mass is 10.2. The van der Waals surface area contributed by atoms with Crippen LogP contribution in [0.1, 0.15) is 0 Å². The molecule has 4 aliphatic heterocycles. The molecular formula is C73H50N4P2S4. The van der Waals surface area contributed by atoms with Crippen LogP contribution in [0.4, 0.5) is 68.2 Å². The Kier molecular flexibility index (Phi) is 13.3. The molecule has 12 aromatic carbocycles. The first-order valence-electron chi connectivity index (χ1n) is 27.7. The summed E-state index contributed by atoms with van der Waals surface area (Å²) < 4.78 is 0. The highest BCUT2D eigenvalue weighted by Crippen LogP contribution is 2.57. The van der Waals surface area contributed by atoms with Crippen molar-refractivity contribution >= 4 is 152 Å². The fourth-order valence-corrected chi connectivity index (χ4v) is 22.4. The highest BCUT2D eigenvalue weighted by molar-refractivity contribution is 8.00. The quantitative estimate of drug-likeness (QED) is 0.124. The van der Waals surface area contributed by atoms with E-state index in [2.05, 4.69) is 311 Å². The van der Waals surface area contributed by atoms with Crippen LogP contribution in [0.5, 0.6) is 0 Å². The van der Waals surface area contributed by atoms with Gasteiger partial charge < -0.3 is 19.6 Å². The van der Waals surface area contributed by atoms with Gasteiger partial charge in [0.1, 0.15) is 0 Å². The zero-order chi connectivity index (χ0) is 54.8. The first-order valence-corrected chi connectivity index (χ1v) is 34.1. The maximum Gasteiger partial charge on any atom is 0.0601 e. The second-order valence-corrected chi connectivity index (χ2v) is 29.8. The van der Waals surface area contributed by atoms with E-state index in [9.17, 15) is 0 Å². The Morgan fingerprint density at radius 2 is 0.349 bits per heavy atom. The average Bonchev–Trinajstić information content (AvgIpc) is 3.39. The molecule has 0 saturated heterocycles. The minimum atomic E-state index is -0.929. The maximum absolute atomic E-state index is 2.44. The number of fused-ring (bicyclic) bond motifs is 8. The van der Waals surface area contributed by atoms with Crippen LogP contribution < -0.4 is 40.8 Å². The van der Waals surface area contributed by atoms with Crippen molar-refractivity contribution in [1.29, 1.82) is 0 Å². The molecule has 0 aromatic heterocycles. The van der Waals surface area contributed by atoms with Crippen molar-refractivity contribution in [3.8, 4) is 0 Å². The Bertz CT molecular complexity index is 3680. The van der Waals surface area contributed by atoms with Crippen LogP contribution in [-0.4, -0.2) is 5.90 Å². The van der Waals surface area contributed by atoms with Crippen LogP contribution in [0.25, 0.3) is 0 Å². The second kappa shape index (κ2) is 21.7. The number of nitrogens with zero attached hydrogens (tertiary/aromatic N) is 4. The highest BCUT2D eigenvalue weighted by Gasteiger charge is 2.31. The Balaban J connectivity index is 0.830. The molecule has 4 heterocycles. The summed E-state index contributed by atoms with van der Waals surface area (Å²) in [6.45, 7) is 0. The molecule has 0 aliphatic carbocycles. The van der Waals surface area contributed by atoms with Crippen molar-refractivity contribution in [2.75, 3.05) is 25.5 Å². The molecule has 16 rings (SSSR count). The number of rotatable bonds is 10. The Morgan fingerprint density at radius 1 is 0.193 bits per heavy atom. The zero-order valence-corrected chi connectivity index (χ0v) is 49.8. The topological polar surface area (TPSA) is 13.0 Å². The molecule has 0 N–H and O–H groups in total. The molecule has 10 heteroatoms. The number of anilines is 12. The summed E-state index contributed by atoms with van der Waals surface area (Å²) in [5.74, 6) is 0.956. The van der Waals surface area contributed by atoms with Gasteiger partial charge in [-0.2, -0.15) is 0 Å². The van der Waals surface area contributed by atoms with Gasteiger partial charge in [-0.1, -0.05) is 193 Å². The number of hydrogen-bond donors (Lipinski definition) is 0. The van der Waals surface area contributed by atoms with Crippen LogP contribution in [0, 0.1) is 0 Å². The lowest BCUT2D eigenvalue weighted by Crippen LogP contribution is -2.22. The molecule has 0 atom stereocenters. The molecule has 0 saturated carbocycles. The summed E-state index contributed by atoms with van der Waals surface area (Å²) in [7, 11) is -1.86. The molecule has 4 nitrogen and oxygen atoms in total. The highest BCUT2D eigenvalue weighted by atomic mass is 32.2. The minimum Gasteiger partial charge on any atom is -0.308 e. The van der Waals surface area contributed by atoms with Crippen LogP contribution in [-0.2, 0) is 0 Å². The third-order valence-electron chi connectivity index (χ3n) is 15.7. The molecule has 12 aromatic rings. The van der Waals surface area contributed by atoms with Crippen molar-refractivity contribution in [2.45, 2.75) is 39.2 Å². The molecule has 0 unspecified atom stereocenters. The first-order chi connectivity index (χ1) is 41.1. The number of benzene rings is 12. The summed E-state index contributed by atoms with van der Waals surface area (Å²) in [6, 6.07) is 109. The Morgan fingerprint density at radius 3 is 0.518 bits per heavy atom. The minimum absolute atomic E-state index is 0.929. The Labute approximate surface area is 504 Å². The van der Waals surface area contributed by atoms with Gasteiger partial charge >= 0.3 is 0 Å². The largest absolute Gasteiger partial charge is 0.308 e. The molecule has 0 bridgehead atoms. The smallest absolute Gasteiger partial charge is 0.0601 e. The standard InChI is InChI=1S/C73H50N4P2S4/c1-9-25-66-58(17-1)74(59-18-2-10-26-67(59)80-66)50-33-41-54(42-34-50)78(55-43-35-51(36-44-55)75-60-19-3-11-27-68(60)81-69-28-12-4-20-61(69)75)49-79(56-45-37-52(38-46-56)76-62-21-5-13-29-70(62)82-71-30-14-6-22-63(71)76)57-47-39-53(40-48-57)77-64-23-7-15-31-72(64)83-73-32-16-8-24-65(73)77/h1-48H,49H2. The van der Waals surface area contributed by atoms with Gasteiger partial charge in [-0.05, 0) is 183 Å². The van der Waals surface area contributed by atoms with Gasteiger partial charge in [0.15, 0.2) is 0 Å². The van der Waals surface area contributed by atoms with E-state index < -0.39 is 15.8 Å². The Hall–Kier alpha value is -7.90. The van der Waals surface area contributed by atoms with E-state index in [1.54, 1.807) is 0 Å². The monoisotopic (exact) mass is 1170 g/mol. The predicted octanol–water partition coefficient (Wildman–Crippen LogP) is 20.9. The summed E-state index contributed by atoms with van der Waals surface area (Å²) in [5.41, 5.74) is 14.3. The number of hydrogen-bond acceptors (Lipinski definition) is 8. The molecule has 0 radical (unpaired) electrons. The molecule has 4 aliphatic rings. The molecule has 396 valence electrons. The van der Waals surface area contributed by atoms with E-state index >= 15 is 0 Å². The van der Waals surface area contributed by atoms with Gasteiger partial charge in [0.2, 0.25) is 0 Å². The lowest BCUT2D eigenvalue weighted by molar-refractivity contribution is 1.17. The van der Waals surface area contributed by atoms with Gasteiger partial charge in [0.05, 0.1) is 45.5 Å². The van der Waals surface area contributed by atoms with Crippen LogP contribution in [0.3, 0.4) is 0 Å². The predicted molar refractivity (Wildman–Crippen MR) is 358 cm³/mol. The second-order valence-electron chi connectivity index (χ2n) is 20.6. The summed E-state index contributed by atoms with van der Waals surface area (Å²) in [5, 5.41) is 5.42. The zero-order valence-electron chi connectivity index (χ0n) is 44.7. The van der Waals surface area contributed by atoms with E-state index in [4.69, 9.17) is 0 Å². The third kappa shape index (κ3) is 9.25. The molecule has 0 amide bonds. The van der Waals surface area contributed by atoms with Gasteiger partial charge in [-0.15, -0.1) is 0 Å². The van der Waals surface area contributed by atoms with E-state index in [-0.39, 0.29) is 0 Å². The fraction of sp³-hybridized carbons (Fsp3) is 0.0137. The van der Waals surface area contributed by atoms with Crippen molar-refractivity contribution in [1.82, 2.24) is 0 Å². The molecule has 0 fully saturated rings. The number of para-hydroxylation sites is 8. The molecule has 83 heavy (non-hydrogen) atoms. The summed E-state index contributed by atoms with van der Waals surface area (Å²) in [4.78, 5) is 19.9. The van der Waals surface area contributed by atoms with Gasteiger partial charge in [0, 0.05) is 67.8 Å². The van der Waals surface area contributed by atoms with Gasteiger partial charge in [0.25, 0.3) is 0 Å². The molecular weight excluding hydrogens is 1120 g/mol. The van der Waals surface area contributed by atoms with Gasteiger partial charge in [-0.3, -0.25) is 0 Å². The normalized spacial score (nSPS) is 13.5. The molecule has 0 spiro atoms. The maximum atomic E-state index is 2.44. The lowest BCUT2D eigenvalue weighted by Gasteiger charge is -2.34. The van der Waals surface area contributed by atoms with Crippen molar-refractivity contribution in [3.05, 3.63) is 291 Å². The van der Waals surface area contributed by atoms with Gasteiger partial charge in [-0.25, -0.2) is 0 Å². The van der Waals surface area contributed by atoms with Crippen molar-refractivity contribution < 1.29 is 0 Å². The fourth-order valence-electron chi connectivity index (χ4n) is 11.8. The van der Waals surface area contributed by atoms with Crippen molar-refractivity contribution in [3.63, 3.8) is 0 Å². The van der Waals surface area contributed by atoms with Crippen molar-refractivity contribution in [2.24, 2.45) is 0 Å².